The van der Waals surface area contributed by atoms with Gasteiger partial charge in [0.05, 0.1) is 12.7 Å². The van der Waals surface area contributed by atoms with Gasteiger partial charge < -0.3 is 10.1 Å². The molecule has 0 atom stereocenters. The number of methoxy groups -OCH3 is 1. The molecule has 2 aromatic rings. The highest BCUT2D eigenvalue weighted by Gasteiger charge is 2.20. The Bertz CT molecular complexity index is 938. The Morgan fingerprint density at radius 3 is 2.64 bits per heavy atom. The summed E-state index contributed by atoms with van der Waals surface area (Å²) in [5.41, 5.74) is 2.19. The van der Waals surface area contributed by atoms with Crippen molar-refractivity contribution in [1.82, 2.24) is 15.3 Å². The van der Waals surface area contributed by atoms with Crippen LogP contribution >= 0.6 is 0 Å². The Hall–Kier alpha value is -3.16. The van der Waals surface area contributed by atoms with E-state index in [1.54, 1.807) is 18.5 Å². The molecule has 1 aromatic heterocycles. The molecule has 0 radical (unpaired) electrons. The zero-order chi connectivity index (χ0) is 20.1. The predicted molar refractivity (Wildman–Crippen MR) is 105 cm³/mol. The van der Waals surface area contributed by atoms with Crippen molar-refractivity contribution in [3.05, 3.63) is 47.0 Å². The predicted octanol–water partition coefficient (Wildman–Crippen LogP) is 1.96. The Morgan fingerprint density at radius 1 is 1.32 bits per heavy atom. The highest BCUT2D eigenvalue weighted by Crippen LogP contribution is 2.23. The van der Waals surface area contributed by atoms with Gasteiger partial charge in [0.1, 0.15) is 18.1 Å². The number of hydrogen-bond donors (Lipinski definition) is 1. The normalized spacial score (nSPS) is 14.4. The summed E-state index contributed by atoms with van der Waals surface area (Å²) in [5.74, 6) is -0.167. The van der Waals surface area contributed by atoms with Gasteiger partial charge in [0, 0.05) is 19.4 Å². The number of carbonyl (C=O) groups is 1. The quantitative estimate of drug-likeness (QED) is 0.740. The van der Waals surface area contributed by atoms with Gasteiger partial charge in [-0.3, -0.25) is 4.79 Å². The lowest BCUT2D eigenvalue weighted by atomic mass is 10.0. The SMILES string of the molecule is CC[N+]1=CC(=Nc2ncc(CCc3cc(OC)cc(C(=O)NC)c3F)cn2)C1. The number of hydrogen-bond acceptors (Lipinski definition) is 5. The molecule has 1 N–H and O–H groups in total. The minimum Gasteiger partial charge on any atom is -0.497 e. The van der Waals surface area contributed by atoms with Crippen molar-refractivity contribution in [3.63, 3.8) is 0 Å². The average molecular weight is 384 g/mol. The van der Waals surface area contributed by atoms with Crippen LogP contribution < -0.4 is 10.1 Å². The van der Waals surface area contributed by atoms with E-state index in [2.05, 4.69) is 31.8 Å². The summed E-state index contributed by atoms with van der Waals surface area (Å²) in [7, 11) is 2.95. The first-order chi connectivity index (χ1) is 13.5. The molecule has 28 heavy (non-hydrogen) atoms. The lowest BCUT2D eigenvalue weighted by Gasteiger charge is -2.11. The summed E-state index contributed by atoms with van der Waals surface area (Å²) in [6.45, 7) is 3.85. The van der Waals surface area contributed by atoms with Gasteiger partial charge in [-0.25, -0.2) is 23.9 Å². The average Bonchev–Trinajstić information content (AvgIpc) is 2.69. The number of carbonyl (C=O) groups excluding carboxylic acids is 1. The zero-order valence-corrected chi connectivity index (χ0v) is 16.2. The van der Waals surface area contributed by atoms with E-state index >= 15 is 0 Å². The summed E-state index contributed by atoms with van der Waals surface area (Å²) in [5, 5.41) is 2.44. The van der Waals surface area contributed by atoms with Crippen LogP contribution in [0.5, 0.6) is 5.75 Å². The second-order valence-corrected chi connectivity index (χ2v) is 6.41. The lowest BCUT2D eigenvalue weighted by Crippen LogP contribution is -2.35. The van der Waals surface area contributed by atoms with Crippen molar-refractivity contribution in [2.24, 2.45) is 4.99 Å². The molecule has 0 spiro atoms. The molecule has 8 heteroatoms. The molecular formula is C20H23FN5O2+. The number of rotatable bonds is 7. The summed E-state index contributed by atoms with van der Waals surface area (Å²) in [6, 6.07) is 3.00. The number of aryl methyl sites for hydroxylation is 2. The number of halogens is 1. The van der Waals surface area contributed by atoms with E-state index in [4.69, 9.17) is 4.74 Å². The van der Waals surface area contributed by atoms with Crippen LogP contribution in [0.4, 0.5) is 10.3 Å². The first kappa shape index (κ1) is 19.6. The molecule has 1 aliphatic rings. The molecule has 1 amide bonds. The molecular weight excluding hydrogens is 361 g/mol. The van der Waals surface area contributed by atoms with Crippen LogP contribution in [0, 0.1) is 5.82 Å². The lowest BCUT2D eigenvalue weighted by molar-refractivity contribution is -0.515. The zero-order valence-electron chi connectivity index (χ0n) is 16.2. The molecule has 146 valence electrons. The second kappa shape index (κ2) is 8.69. The Balaban J connectivity index is 1.70. The van der Waals surface area contributed by atoms with Crippen LogP contribution in [0.3, 0.4) is 0 Å². The van der Waals surface area contributed by atoms with Crippen LogP contribution in [-0.2, 0) is 12.8 Å². The molecule has 0 aliphatic carbocycles. The first-order valence-corrected chi connectivity index (χ1v) is 9.10. The van der Waals surface area contributed by atoms with Crippen LogP contribution in [0.25, 0.3) is 0 Å². The molecule has 1 aromatic carbocycles. The summed E-state index contributed by atoms with van der Waals surface area (Å²) in [4.78, 5) is 24.8. The molecule has 0 saturated carbocycles. The third-order valence-electron chi connectivity index (χ3n) is 4.55. The van der Waals surface area contributed by atoms with Crippen LogP contribution in [0.2, 0.25) is 0 Å². The number of amides is 1. The number of nitrogens with zero attached hydrogens (tertiary/aromatic N) is 4. The van der Waals surface area contributed by atoms with Crippen LogP contribution in [-0.4, -0.2) is 59.6 Å². The van der Waals surface area contributed by atoms with Gasteiger partial charge in [0.25, 0.3) is 5.91 Å². The molecule has 7 nitrogen and oxygen atoms in total. The molecule has 2 heterocycles. The van der Waals surface area contributed by atoms with Crippen LogP contribution in [0.15, 0.2) is 29.5 Å². The largest absolute Gasteiger partial charge is 0.497 e. The fraction of sp³-hybridized carbons (Fsp3) is 0.350. The minimum atomic E-state index is -0.537. The molecule has 1 aliphatic heterocycles. The maximum atomic E-state index is 14.7. The van der Waals surface area contributed by atoms with Gasteiger partial charge in [0.15, 0.2) is 18.5 Å². The maximum Gasteiger partial charge on any atom is 0.254 e. The van der Waals surface area contributed by atoms with E-state index in [0.29, 0.717) is 30.1 Å². The highest BCUT2D eigenvalue weighted by molar-refractivity contribution is 6.33. The van der Waals surface area contributed by atoms with Crippen molar-refractivity contribution in [2.75, 3.05) is 27.2 Å². The fourth-order valence-electron chi connectivity index (χ4n) is 2.86. The standard InChI is InChI=1S/C20H22FN5O2/c1-4-26-11-15(12-26)25-20-23-9-13(10-24-20)5-6-14-7-16(28-3)8-17(18(14)21)19(27)22-2/h7-11H,4-6,12H2,1-3H3/p+1. The topological polar surface area (TPSA) is 79.5 Å². The monoisotopic (exact) mass is 384 g/mol. The summed E-state index contributed by atoms with van der Waals surface area (Å²) >= 11 is 0. The second-order valence-electron chi connectivity index (χ2n) is 6.41. The summed E-state index contributed by atoms with van der Waals surface area (Å²) < 4.78 is 22.0. The van der Waals surface area contributed by atoms with E-state index in [1.165, 1.54) is 20.2 Å². The maximum absolute atomic E-state index is 14.7. The Morgan fingerprint density at radius 2 is 2.04 bits per heavy atom. The summed E-state index contributed by atoms with van der Waals surface area (Å²) in [6.07, 6.45) is 6.29. The Kier molecular flexibility index (Phi) is 6.08. The number of nitrogens with one attached hydrogen (secondary N) is 1. The smallest absolute Gasteiger partial charge is 0.254 e. The van der Waals surface area contributed by atoms with E-state index < -0.39 is 11.7 Å². The molecule has 0 bridgehead atoms. The van der Waals surface area contributed by atoms with Gasteiger partial charge in [-0.05, 0) is 43.0 Å². The van der Waals surface area contributed by atoms with E-state index in [1.807, 2.05) is 6.21 Å². The third kappa shape index (κ3) is 4.39. The van der Waals surface area contributed by atoms with Gasteiger partial charge in [-0.1, -0.05) is 0 Å². The van der Waals surface area contributed by atoms with Crippen molar-refractivity contribution in [3.8, 4) is 5.75 Å². The Labute approximate surface area is 163 Å². The third-order valence-corrected chi connectivity index (χ3v) is 4.55. The first-order valence-electron chi connectivity index (χ1n) is 9.10. The minimum absolute atomic E-state index is 0.0304. The van der Waals surface area contributed by atoms with Crippen molar-refractivity contribution in [2.45, 2.75) is 19.8 Å². The van der Waals surface area contributed by atoms with Gasteiger partial charge in [0.2, 0.25) is 5.95 Å². The van der Waals surface area contributed by atoms with Crippen molar-refractivity contribution >= 4 is 23.8 Å². The number of aliphatic imine (C=N–C) groups is 1. The number of aromatic nitrogens is 2. The fourth-order valence-corrected chi connectivity index (χ4v) is 2.86. The van der Waals surface area contributed by atoms with Gasteiger partial charge >= 0.3 is 0 Å². The van der Waals surface area contributed by atoms with Gasteiger partial charge in [-0.2, -0.15) is 0 Å². The number of ether oxygens (including phenoxy) is 1. The van der Waals surface area contributed by atoms with Crippen LogP contribution in [0.1, 0.15) is 28.4 Å². The van der Waals surface area contributed by atoms with E-state index in [9.17, 15) is 9.18 Å². The molecule has 0 saturated heterocycles. The van der Waals surface area contributed by atoms with Crippen molar-refractivity contribution in [1.29, 1.82) is 0 Å². The highest BCUT2D eigenvalue weighted by atomic mass is 19.1. The molecule has 0 unspecified atom stereocenters. The number of benzene rings is 1. The van der Waals surface area contributed by atoms with E-state index in [0.717, 1.165) is 24.4 Å². The van der Waals surface area contributed by atoms with Gasteiger partial charge in [-0.15, -0.1) is 0 Å². The molecule has 0 fully saturated rings. The molecule has 3 rings (SSSR count). The van der Waals surface area contributed by atoms with E-state index in [-0.39, 0.29) is 5.56 Å². The van der Waals surface area contributed by atoms with Crippen molar-refractivity contribution < 1.29 is 18.5 Å².